The summed E-state index contributed by atoms with van der Waals surface area (Å²) in [6, 6.07) is 28.0. The van der Waals surface area contributed by atoms with Crippen molar-refractivity contribution in [2.24, 2.45) is 4.27 Å². The molecule has 1 atom stereocenters. The topological polar surface area (TPSA) is 18.8 Å². The predicted octanol–water partition coefficient (Wildman–Crippen LogP) is 5.04. The molecule has 2 heterocycles. The van der Waals surface area contributed by atoms with Crippen LogP contribution in [-0.2, 0) is 16.8 Å². The number of hydrogen-bond donors (Lipinski definition) is 0. The molecule has 0 saturated carbocycles. The first-order valence-electron chi connectivity index (χ1n) is 10.7. The summed E-state index contributed by atoms with van der Waals surface area (Å²) in [7, 11) is 1.50. The van der Waals surface area contributed by atoms with Gasteiger partial charge >= 0.3 is 191 Å². The fourth-order valence-corrected chi connectivity index (χ4v) is 6.03. The quantitative estimate of drug-likeness (QED) is 0.511. The summed E-state index contributed by atoms with van der Waals surface area (Å²) in [5.41, 5.74) is 3.77. The van der Waals surface area contributed by atoms with Gasteiger partial charge < -0.3 is 0 Å². The van der Waals surface area contributed by atoms with Gasteiger partial charge in [0, 0.05) is 0 Å². The molecule has 7 heteroatoms. The van der Waals surface area contributed by atoms with Crippen LogP contribution in [0.1, 0.15) is 29.7 Å². The summed E-state index contributed by atoms with van der Waals surface area (Å²) in [5, 5.41) is 0. The van der Waals surface area contributed by atoms with Crippen molar-refractivity contribution in [3.05, 3.63) is 102 Å². The number of alkyl halides is 2. The van der Waals surface area contributed by atoms with Crippen molar-refractivity contribution in [3.8, 4) is 0 Å². The number of halogens is 2. The van der Waals surface area contributed by atoms with Crippen molar-refractivity contribution in [2.45, 2.75) is 23.8 Å². The third kappa shape index (κ3) is 4.19. The minimum atomic E-state index is -2.83. The van der Waals surface area contributed by atoms with Crippen molar-refractivity contribution in [1.82, 2.24) is 9.21 Å². The van der Waals surface area contributed by atoms with Gasteiger partial charge in [-0.15, -0.1) is 0 Å². The van der Waals surface area contributed by atoms with E-state index < -0.39 is 16.8 Å². The van der Waals surface area contributed by atoms with Crippen LogP contribution in [0.4, 0.5) is 8.78 Å². The van der Waals surface area contributed by atoms with Crippen molar-refractivity contribution in [2.75, 3.05) is 19.6 Å². The van der Waals surface area contributed by atoms with Crippen LogP contribution < -0.4 is 0 Å². The summed E-state index contributed by atoms with van der Waals surface area (Å²) in [4.78, 5) is 3.47. The zero-order chi connectivity index (χ0) is 22.1. The third-order valence-electron chi connectivity index (χ3n) is 5.95. The molecule has 3 aromatic carbocycles. The maximum absolute atomic E-state index is 13.6. The van der Waals surface area contributed by atoms with Gasteiger partial charge in [0.15, 0.2) is 0 Å². The first kappa shape index (κ1) is 21.2. The molecule has 0 aromatic heterocycles. The van der Waals surface area contributed by atoms with E-state index in [0.29, 0.717) is 0 Å². The predicted molar refractivity (Wildman–Crippen MR) is 128 cm³/mol. The second-order valence-corrected chi connectivity index (χ2v) is 9.85. The zero-order valence-corrected chi connectivity index (χ0v) is 18.7. The Morgan fingerprint density at radius 2 is 1.47 bits per heavy atom. The summed E-state index contributed by atoms with van der Waals surface area (Å²) >= 11 is 0. The monoisotopic (exact) mass is 447 g/mol. The van der Waals surface area contributed by atoms with Gasteiger partial charge in [-0.25, -0.2) is 0 Å². The second-order valence-electron chi connectivity index (χ2n) is 8.20. The molecule has 162 valence electrons. The van der Waals surface area contributed by atoms with Gasteiger partial charge in [0.05, 0.1) is 0 Å². The van der Waals surface area contributed by atoms with Gasteiger partial charge in [-0.2, -0.15) is 0 Å². The molecule has 2 aliphatic heterocycles. The Hall–Kier alpha value is -2.64. The van der Waals surface area contributed by atoms with Crippen LogP contribution in [0.3, 0.4) is 0 Å². The Labute approximate surface area is 190 Å². The van der Waals surface area contributed by atoms with E-state index >= 15 is 0 Å². The number of rotatable bonds is 5. The zero-order valence-electron chi connectivity index (χ0n) is 17.9. The Morgan fingerprint density at radius 3 is 2.03 bits per heavy atom. The molecule has 3 nitrogen and oxygen atoms in total. The van der Waals surface area contributed by atoms with Gasteiger partial charge in [-0.05, 0) is 0 Å². The molecule has 0 spiro atoms. The number of nitrogens with zero attached hydrogens (tertiary/aromatic N) is 3. The van der Waals surface area contributed by atoms with Crippen molar-refractivity contribution < 1.29 is 8.78 Å². The molecular weight excluding hydrogens is 423 g/mol. The molecule has 1 unspecified atom stereocenters. The van der Waals surface area contributed by atoms with Crippen LogP contribution in [0, 0.1) is 0 Å². The molecule has 2 aliphatic rings. The van der Waals surface area contributed by atoms with Crippen LogP contribution in [0.5, 0.6) is 0 Å². The SMILES string of the molecule is CC(F)(F)c1ccc(S2=NB=C3CN(C(c4ccccc4)c4ccccc4)CCN32)cc1. The van der Waals surface area contributed by atoms with Crippen LogP contribution >= 0.6 is 0 Å². The van der Waals surface area contributed by atoms with Crippen LogP contribution in [0.25, 0.3) is 0 Å². The Morgan fingerprint density at radius 1 is 0.875 bits per heavy atom. The first-order chi connectivity index (χ1) is 15.5. The normalized spacial score (nSPS) is 18.7. The Balaban J connectivity index is 1.37. The van der Waals surface area contributed by atoms with E-state index in [9.17, 15) is 8.78 Å². The average molecular weight is 447 g/mol. The molecule has 1 fully saturated rings. The van der Waals surface area contributed by atoms with Gasteiger partial charge in [0.1, 0.15) is 0 Å². The average Bonchev–Trinajstić information content (AvgIpc) is 3.24. The fourth-order valence-electron chi connectivity index (χ4n) is 4.36. The second kappa shape index (κ2) is 8.72. The summed E-state index contributed by atoms with van der Waals surface area (Å²) < 4.78 is 34.2. The summed E-state index contributed by atoms with van der Waals surface area (Å²) in [5.74, 6) is -2.83. The van der Waals surface area contributed by atoms with Crippen LogP contribution in [0.15, 0.2) is 94.1 Å². The van der Waals surface area contributed by atoms with Crippen molar-refractivity contribution in [1.29, 1.82) is 0 Å². The third-order valence-corrected chi connectivity index (χ3v) is 7.79. The molecule has 0 bridgehead atoms. The van der Waals surface area contributed by atoms with Gasteiger partial charge in [0.2, 0.25) is 0 Å². The van der Waals surface area contributed by atoms with Crippen molar-refractivity contribution in [3.63, 3.8) is 0 Å². The minimum absolute atomic E-state index is 0.0376. The Kier molecular flexibility index (Phi) is 5.78. The molecule has 1 saturated heterocycles. The van der Waals surface area contributed by atoms with E-state index in [1.807, 2.05) is 19.2 Å². The molecule has 0 amide bonds. The fraction of sp³-hybridized carbons (Fsp3) is 0.240. The van der Waals surface area contributed by atoms with Gasteiger partial charge in [-0.1, -0.05) is 0 Å². The van der Waals surface area contributed by atoms with Crippen LogP contribution in [-0.4, -0.2) is 41.5 Å². The number of fused-ring (bicyclic) bond motifs is 1. The number of benzene rings is 3. The number of piperazine rings is 1. The summed E-state index contributed by atoms with van der Waals surface area (Å²) in [6.07, 6.45) is 0. The van der Waals surface area contributed by atoms with Crippen molar-refractivity contribution >= 4 is 23.5 Å². The van der Waals surface area contributed by atoms with E-state index in [-0.39, 0.29) is 11.6 Å². The van der Waals surface area contributed by atoms with E-state index in [4.69, 9.17) is 4.27 Å². The van der Waals surface area contributed by atoms with E-state index in [0.717, 1.165) is 31.5 Å². The molecule has 0 N–H and O–H groups in total. The molecule has 0 aliphatic carbocycles. The Bertz CT molecular complexity index is 1110. The maximum atomic E-state index is 13.6. The van der Waals surface area contributed by atoms with Crippen LogP contribution in [0.2, 0.25) is 0 Å². The molecular formula is C25H24BF2N3S. The molecule has 32 heavy (non-hydrogen) atoms. The molecule has 3 aromatic rings. The van der Waals surface area contributed by atoms with E-state index in [1.165, 1.54) is 28.8 Å². The van der Waals surface area contributed by atoms with Gasteiger partial charge in [-0.3, -0.25) is 0 Å². The van der Waals surface area contributed by atoms with Gasteiger partial charge in [0.25, 0.3) is 0 Å². The van der Waals surface area contributed by atoms with E-state index in [2.05, 4.69) is 57.7 Å². The molecule has 5 rings (SSSR count). The first-order valence-corrected chi connectivity index (χ1v) is 11.9. The summed E-state index contributed by atoms with van der Waals surface area (Å²) in [6.45, 7) is 3.47. The standard InChI is InChI=1S/C25H24BF2N3S/c1-25(27,28)21-12-14-22(15-13-21)32-29-26-23-18-30(16-17-31(23)32)24(19-8-4-2-5-9-19)20-10-6-3-7-11-20/h2-15,24H,16-18H2,1H3. The van der Waals surface area contributed by atoms with E-state index in [1.54, 1.807) is 12.1 Å². The number of hydrogen-bond acceptors (Lipinski definition) is 3. The molecule has 0 radical (unpaired) electrons.